The molecule has 5 fully saturated rings. The molecule has 28 heavy (non-hydrogen) atoms. The van der Waals surface area contributed by atoms with E-state index in [9.17, 15) is 9.59 Å². The van der Waals surface area contributed by atoms with Crippen molar-refractivity contribution in [2.75, 3.05) is 26.2 Å². The van der Waals surface area contributed by atoms with Gasteiger partial charge in [-0.05, 0) is 84.0 Å². The molecule has 1 saturated heterocycles. The van der Waals surface area contributed by atoms with E-state index >= 15 is 0 Å². The third kappa shape index (κ3) is 4.17. The highest BCUT2D eigenvalue weighted by atomic mass is 16.6. The molecule has 0 radical (unpaired) electrons. The maximum atomic E-state index is 13.1. The lowest BCUT2D eigenvalue weighted by Crippen LogP contribution is -2.63. The van der Waals surface area contributed by atoms with Gasteiger partial charge in [0.1, 0.15) is 5.60 Å². The molecule has 158 valence electrons. The highest BCUT2D eigenvalue weighted by Crippen LogP contribution is 2.55. The molecule has 1 unspecified atom stereocenters. The van der Waals surface area contributed by atoms with Crippen molar-refractivity contribution < 1.29 is 14.3 Å². The molecule has 2 amide bonds. The monoisotopic (exact) mass is 391 g/mol. The lowest BCUT2D eigenvalue weighted by Gasteiger charge is -2.57. The van der Waals surface area contributed by atoms with Gasteiger partial charge >= 0.3 is 6.09 Å². The van der Waals surface area contributed by atoms with E-state index in [1.807, 2.05) is 27.7 Å². The van der Waals surface area contributed by atoms with Crippen LogP contribution in [0.4, 0.5) is 4.79 Å². The molecule has 4 bridgehead atoms. The number of hydrogen-bond acceptors (Lipinski definition) is 4. The minimum absolute atomic E-state index is 0.0679. The van der Waals surface area contributed by atoms with Gasteiger partial charge in [0, 0.05) is 31.7 Å². The standard InChI is InChI=1S/C22H37N3O3/c1-15(24-5-7-25(8-6-24)20(27)28-21(2,3)4)19(26)23-22-12-16-9-17(13-22)11-18(10-16)14-22/h15-18H,5-14H2,1-4H3,(H,23,26). The van der Waals surface area contributed by atoms with Crippen LogP contribution < -0.4 is 5.32 Å². The van der Waals surface area contributed by atoms with E-state index in [0.29, 0.717) is 26.2 Å². The van der Waals surface area contributed by atoms with Crippen LogP contribution in [0.15, 0.2) is 0 Å². The van der Waals surface area contributed by atoms with Crippen molar-refractivity contribution in [1.29, 1.82) is 0 Å². The molecule has 1 aliphatic heterocycles. The van der Waals surface area contributed by atoms with Crippen LogP contribution in [0.2, 0.25) is 0 Å². The second kappa shape index (κ2) is 7.19. The van der Waals surface area contributed by atoms with Crippen LogP contribution in [-0.4, -0.2) is 65.2 Å². The molecule has 1 N–H and O–H groups in total. The van der Waals surface area contributed by atoms with Crippen molar-refractivity contribution in [3.8, 4) is 0 Å². The van der Waals surface area contributed by atoms with Gasteiger partial charge in [0.25, 0.3) is 0 Å². The minimum Gasteiger partial charge on any atom is -0.444 e. The number of hydrogen-bond donors (Lipinski definition) is 1. The first-order valence-electron chi connectivity index (χ1n) is 11.2. The molecular formula is C22H37N3O3. The molecule has 0 aromatic rings. The highest BCUT2D eigenvalue weighted by molar-refractivity contribution is 5.82. The topological polar surface area (TPSA) is 61.9 Å². The van der Waals surface area contributed by atoms with Crippen molar-refractivity contribution in [2.24, 2.45) is 17.8 Å². The molecule has 4 saturated carbocycles. The number of carbonyl (C=O) groups excluding carboxylic acids is 2. The van der Waals surface area contributed by atoms with Crippen LogP contribution >= 0.6 is 0 Å². The normalized spacial score (nSPS) is 36.3. The third-order valence-electron chi connectivity index (χ3n) is 7.32. The van der Waals surface area contributed by atoms with E-state index in [1.165, 1.54) is 38.5 Å². The van der Waals surface area contributed by atoms with E-state index in [2.05, 4.69) is 10.2 Å². The van der Waals surface area contributed by atoms with Gasteiger partial charge in [-0.3, -0.25) is 9.69 Å². The summed E-state index contributed by atoms with van der Waals surface area (Å²) in [6.07, 6.45) is 7.46. The predicted molar refractivity (Wildman–Crippen MR) is 108 cm³/mol. The summed E-state index contributed by atoms with van der Waals surface area (Å²) >= 11 is 0. The lowest BCUT2D eigenvalue weighted by molar-refractivity contribution is -0.132. The van der Waals surface area contributed by atoms with Gasteiger partial charge in [0.2, 0.25) is 5.91 Å². The molecule has 0 spiro atoms. The lowest BCUT2D eigenvalue weighted by atomic mass is 9.53. The van der Waals surface area contributed by atoms with Crippen LogP contribution in [-0.2, 0) is 9.53 Å². The Morgan fingerprint density at radius 1 is 0.964 bits per heavy atom. The molecule has 0 aromatic heterocycles. The summed E-state index contributed by atoms with van der Waals surface area (Å²) in [4.78, 5) is 29.3. The first-order chi connectivity index (χ1) is 13.1. The van der Waals surface area contributed by atoms with Crippen molar-refractivity contribution in [1.82, 2.24) is 15.1 Å². The Bertz CT molecular complexity index is 584. The SMILES string of the molecule is CC(C(=O)NC12CC3CC(CC(C3)C1)C2)N1CCN(C(=O)OC(C)(C)C)CC1. The summed E-state index contributed by atoms with van der Waals surface area (Å²) in [5.74, 6) is 2.67. The van der Waals surface area contributed by atoms with Gasteiger partial charge in [-0.1, -0.05) is 0 Å². The van der Waals surface area contributed by atoms with E-state index < -0.39 is 5.60 Å². The van der Waals surface area contributed by atoms with Gasteiger partial charge in [0.15, 0.2) is 0 Å². The number of carbonyl (C=O) groups is 2. The van der Waals surface area contributed by atoms with Crippen molar-refractivity contribution in [3.05, 3.63) is 0 Å². The molecule has 5 aliphatic rings. The van der Waals surface area contributed by atoms with Crippen LogP contribution in [0, 0.1) is 17.8 Å². The van der Waals surface area contributed by atoms with Crippen molar-refractivity contribution >= 4 is 12.0 Å². The summed E-state index contributed by atoms with van der Waals surface area (Å²) in [6, 6.07) is -0.145. The summed E-state index contributed by atoms with van der Waals surface area (Å²) in [7, 11) is 0. The molecule has 6 nitrogen and oxygen atoms in total. The van der Waals surface area contributed by atoms with Crippen molar-refractivity contribution in [2.45, 2.75) is 83.4 Å². The molecule has 0 aromatic carbocycles. The Kier molecular flexibility index (Phi) is 5.13. The van der Waals surface area contributed by atoms with E-state index in [4.69, 9.17) is 4.74 Å². The number of amides is 2. The number of piperazine rings is 1. The van der Waals surface area contributed by atoms with E-state index in [0.717, 1.165) is 17.8 Å². The Hall–Kier alpha value is -1.30. The Balaban J connectivity index is 1.29. The molecule has 1 heterocycles. The molecule has 5 rings (SSSR count). The minimum atomic E-state index is -0.473. The fourth-order valence-corrected chi connectivity index (χ4v) is 6.41. The Labute approximate surface area is 169 Å². The smallest absolute Gasteiger partial charge is 0.410 e. The second-order valence-electron chi connectivity index (χ2n) is 10.9. The summed E-state index contributed by atoms with van der Waals surface area (Å²) in [5.41, 5.74) is -0.405. The maximum absolute atomic E-state index is 13.1. The fraction of sp³-hybridized carbons (Fsp3) is 0.909. The average molecular weight is 392 g/mol. The highest BCUT2D eigenvalue weighted by Gasteiger charge is 2.51. The van der Waals surface area contributed by atoms with Crippen LogP contribution in [0.25, 0.3) is 0 Å². The summed E-state index contributed by atoms with van der Waals surface area (Å²) in [6.45, 7) is 10.3. The van der Waals surface area contributed by atoms with Crippen LogP contribution in [0.3, 0.4) is 0 Å². The van der Waals surface area contributed by atoms with E-state index in [1.54, 1.807) is 4.90 Å². The number of nitrogens with zero attached hydrogens (tertiary/aromatic N) is 2. The molecule has 4 aliphatic carbocycles. The first kappa shape index (κ1) is 20.0. The summed E-state index contributed by atoms with van der Waals surface area (Å²) < 4.78 is 5.47. The van der Waals surface area contributed by atoms with Crippen LogP contribution in [0.5, 0.6) is 0 Å². The molecule has 1 atom stereocenters. The first-order valence-corrected chi connectivity index (χ1v) is 11.2. The summed E-state index contributed by atoms with van der Waals surface area (Å²) in [5, 5.41) is 3.50. The maximum Gasteiger partial charge on any atom is 0.410 e. The third-order valence-corrected chi connectivity index (χ3v) is 7.32. The van der Waals surface area contributed by atoms with Gasteiger partial charge in [0.05, 0.1) is 6.04 Å². The van der Waals surface area contributed by atoms with Gasteiger partial charge in [-0.2, -0.15) is 0 Å². The largest absolute Gasteiger partial charge is 0.444 e. The zero-order valence-corrected chi connectivity index (χ0v) is 18.0. The fourth-order valence-electron chi connectivity index (χ4n) is 6.41. The Morgan fingerprint density at radius 2 is 1.46 bits per heavy atom. The predicted octanol–water partition coefficient (Wildman–Crippen LogP) is 3.01. The van der Waals surface area contributed by atoms with Gasteiger partial charge in [-0.25, -0.2) is 4.79 Å². The zero-order chi connectivity index (χ0) is 20.1. The van der Waals surface area contributed by atoms with Gasteiger partial charge < -0.3 is 15.0 Å². The van der Waals surface area contributed by atoms with E-state index in [-0.39, 0.29) is 23.6 Å². The van der Waals surface area contributed by atoms with Gasteiger partial charge in [-0.15, -0.1) is 0 Å². The molecular weight excluding hydrogens is 354 g/mol. The zero-order valence-electron chi connectivity index (χ0n) is 18.0. The second-order valence-corrected chi connectivity index (χ2v) is 10.9. The quantitative estimate of drug-likeness (QED) is 0.803. The van der Waals surface area contributed by atoms with Crippen LogP contribution in [0.1, 0.15) is 66.2 Å². The number of ether oxygens (including phenoxy) is 1. The van der Waals surface area contributed by atoms with Crippen molar-refractivity contribution in [3.63, 3.8) is 0 Å². The molecule has 6 heteroatoms. The Morgan fingerprint density at radius 3 is 1.93 bits per heavy atom. The number of nitrogens with one attached hydrogen (secondary N) is 1. The number of rotatable bonds is 3. The average Bonchev–Trinajstić information content (AvgIpc) is 2.58.